The second-order valence-corrected chi connectivity index (χ2v) is 13.6. The number of unbranched alkanes of at least 4 members (excludes halogenated alkanes) is 1. The first kappa shape index (κ1) is 34.2. The zero-order valence-corrected chi connectivity index (χ0v) is 29.1. The number of hydrogen-bond acceptors (Lipinski definition) is 5. The molecule has 5 aromatic rings. The Morgan fingerprint density at radius 1 is 0.500 bits per heavy atom. The summed E-state index contributed by atoms with van der Waals surface area (Å²) < 4.78 is 19.2. The SMILES string of the molecule is c1ccc(C(CCCCN2CCN(CCCOc3ccc(C4O[C@@H](c5ccccc5)[C@H](c5ccccc5)O4)cc3)CC2)c2ccccc2)cc1. The molecule has 50 heavy (non-hydrogen) atoms. The molecule has 2 heterocycles. The maximum Gasteiger partial charge on any atom is 0.185 e. The Hall–Kier alpha value is -4.26. The molecule has 7 rings (SSSR count). The van der Waals surface area contributed by atoms with Gasteiger partial charge in [0.2, 0.25) is 0 Å². The van der Waals surface area contributed by atoms with Crippen LogP contribution in [-0.2, 0) is 9.47 Å². The van der Waals surface area contributed by atoms with Gasteiger partial charge in [-0.25, -0.2) is 0 Å². The number of piperazine rings is 1. The quantitative estimate of drug-likeness (QED) is 0.104. The molecule has 2 saturated heterocycles. The molecular formula is C45H50N2O3. The summed E-state index contributed by atoms with van der Waals surface area (Å²) in [4.78, 5) is 5.24. The Balaban J connectivity index is 0.805. The second kappa shape index (κ2) is 17.6. The molecule has 2 fully saturated rings. The van der Waals surface area contributed by atoms with Crippen LogP contribution in [0.3, 0.4) is 0 Å². The van der Waals surface area contributed by atoms with Crippen molar-refractivity contribution in [2.75, 3.05) is 45.9 Å². The van der Waals surface area contributed by atoms with Crippen molar-refractivity contribution in [1.82, 2.24) is 9.80 Å². The van der Waals surface area contributed by atoms with Gasteiger partial charge < -0.3 is 24.0 Å². The lowest BCUT2D eigenvalue weighted by Gasteiger charge is -2.34. The molecule has 0 aromatic heterocycles. The fourth-order valence-corrected chi connectivity index (χ4v) is 7.41. The summed E-state index contributed by atoms with van der Waals surface area (Å²) >= 11 is 0. The van der Waals surface area contributed by atoms with Crippen molar-refractivity contribution in [1.29, 1.82) is 0 Å². The number of ether oxygens (including phenoxy) is 3. The molecule has 5 aromatic carbocycles. The predicted octanol–water partition coefficient (Wildman–Crippen LogP) is 9.60. The van der Waals surface area contributed by atoms with Crippen LogP contribution in [-0.4, -0.2) is 55.7 Å². The Morgan fingerprint density at radius 2 is 0.960 bits per heavy atom. The highest BCUT2D eigenvalue weighted by Crippen LogP contribution is 2.48. The Bertz CT molecular complexity index is 1590. The molecule has 0 bridgehead atoms. The molecule has 0 N–H and O–H groups in total. The summed E-state index contributed by atoms with van der Waals surface area (Å²) in [5.41, 5.74) is 6.10. The van der Waals surface area contributed by atoms with Gasteiger partial charge in [0.25, 0.3) is 0 Å². The predicted molar refractivity (Wildman–Crippen MR) is 201 cm³/mol. The van der Waals surface area contributed by atoms with E-state index < -0.39 is 6.29 Å². The standard InChI is InChI=1S/C45H50N2O3/c1-5-16-36(17-6-1)42(37-18-7-2-8-19-37)24-13-14-29-46-31-33-47(34-32-46)30-15-35-48-41-27-25-40(26-28-41)45-49-43(38-20-9-3-10-21-38)44(50-45)39-22-11-4-12-23-39/h1-12,16-23,25-28,42-45H,13-15,24,29-35H2/t43-,44-/m0/s1. The van der Waals surface area contributed by atoms with Gasteiger partial charge in [0, 0.05) is 44.2 Å². The van der Waals surface area contributed by atoms with Crippen molar-refractivity contribution in [3.8, 4) is 5.75 Å². The van der Waals surface area contributed by atoms with Gasteiger partial charge in [-0.2, -0.15) is 0 Å². The average molecular weight is 667 g/mol. The summed E-state index contributed by atoms with van der Waals surface area (Å²) in [7, 11) is 0. The molecule has 2 aliphatic heterocycles. The van der Waals surface area contributed by atoms with Crippen LogP contribution in [0.2, 0.25) is 0 Å². The van der Waals surface area contributed by atoms with Gasteiger partial charge in [-0.1, -0.05) is 140 Å². The normalized spacial score (nSPS) is 18.8. The van der Waals surface area contributed by atoms with Gasteiger partial charge in [-0.05, 0) is 60.2 Å². The van der Waals surface area contributed by atoms with E-state index in [9.17, 15) is 0 Å². The highest BCUT2D eigenvalue weighted by molar-refractivity contribution is 5.33. The van der Waals surface area contributed by atoms with E-state index in [2.05, 4.69) is 131 Å². The number of nitrogens with zero attached hydrogens (tertiary/aromatic N) is 2. The minimum atomic E-state index is -0.432. The van der Waals surface area contributed by atoms with Gasteiger partial charge >= 0.3 is 0 Å². The van der Waals surface area contributed by atoms with Crippen LogP contribution in [0.15, 0.2) is 146 Å². The van der Waals surface area contributed by atoms with Crippen LogP contribution in [0.4, 0.5) is 0 Å². The van der Waals surface area contributed by atoms with E-state index in [4.69, 9.17) is 14.2 Å². The van der Waals surface area contributed by atoms with Gasteiger partial charge in [0.15, 0.2) is 6.29 Å². The summed E-state index contributed by atoms with van der Waals surface area (Å²) in [5, 5.41) is 0. The van der Waals surface area contributed by atoms with E-state index in [1.54, 1.807) is 0 Å². The van der Waals surface area contributed by atoms with Crippen molar-refractivity contribution in [2.45, 2.75) is 50.1 Å². The summed E-state index contributed by atoms with van der Waals surface area (Å²) in [6.07, 6.45) is 3.95. The van der Waals surface area contributed by atoms with Crippen LogP contribution in [0.1, 0.15) is 77.9 Å². The number of benzene rings is 5. The highest BCUT2D eigenvalue weighted by Gasteiger charge is 2.38. The van der Waals surface area contributed by atoms with Crippen molar-refractivity contribution in [3.05, 3.63) is 173 Å². The first-order valence-electron chi connectivity index (χ1n) is 18.5. The Kier molecular flexibility index (Phi) is 12.0. The van der Waals surface area contributed by atoms with Gasteiger partial charge in [0.1, 0.15) is 18.0 Å². The molecule has 0 amide bonds. The van der Waals surface area contributed by atoms with E-state index in [1.807, 2.05) is 24.3 Å². The maximum atomic E-state index is 6.51. The van der Waals surface area contributed by atoms with Crippen LogP contribution >= 0.6 is 0 Å². The molecule has 0 saturated carbocycles. The lowest BCUT2D eigenvalue weighted by atomic mass is 9.87. The second-order valence-electron chi connectivity index (χ2n) is 13.6. The molecule has 0 unspecified atom stereocenters. The first-order chi connectivity index (χ1) is 24.8. The Morgan fingerprint density at radius 3 is 1.46 bits per heavy atom. The summed E-state index contributed by atoms with van der Waals surface area (Å²) in [6, 6.07) is 50.9. The van der Waals surface area contributed by atoms with E-state index in [0.717, 1.165) is 61.6 Å². The molecular weight excluding hydrogens is 617 g/mol. The Labute approximate surface area is 298 Å². The largest absolute Gasteiger partial charge is 0.494 e. The number of hydrogen-bond donors (Lipinski definition) is 0. The van der Waals surface area contributed by atoms with Crippen LogP contribution in [0, 0.1) is 0 Å². The topological polar surface area (TPSA) is 34.2 Å². The fourth-order valence-electron chi connectivity index (χ4n) is 7.41. The lowest BCUT2D eigenvalue weighted by Crippen LogP contribution is -2.46. The van der Waals surface area contributed by atoms with Crippen LogP contribution in [0.25, 0.3) is 0 Å². The molecule has 2 atom stereocenters. The molecule has 0 spiro atoms. The van der Waals surface area contributed by atoms with Crippen molar-refractivity contribution in [3.63, 3.8) is 0 Å². The van der Waals surface area contributed by atoms with E-state index in [-0.39, 0.29) is 12.2 Å². The van der Waals surface area contributed by atoms with Gasteiger partial charge in [-0.3, -0.25) is 0 Å². The van der Waals surface area contributed by atoms with Crippen molar-refractivity contribution in [2.24, 2.45) is 0 Å². The molecule has 0 aliphatic carbocycles. The maximum absolute atomic E-state index is 6.51. The number of rotatable bonds is 15. The van der Waals surface area contributed by atoms with E-state index in [1.165, 1.54) is 36.9 Å². The highest BCUT2D eigenvalue weighted by atomic mass is 16.7. The first-order valence-corrected chi connectivity index (χ1v) is 18.5. The van der Waals surface area contributed by atoms with Crippen molar-refractivity contribution < 1.29 is 14.2 Å². The minimum Gasteiger partial charge on any atom is -0.494 e. The lowest BCUT2D eigenvalue weighted by molar-refractivity contribution is -0.0698. The fraction of sp³-hybridized carbons (Fsp3) is 0.333. The average Bonchev–Trinajstić information content (AvgIpc) is 3.64. The van der Waals surface area contributed by atoms with Gasteiger partial charge in [-0.15, -0.1) is 0 Å². The van der Waals surface area contributed by atoms with Crippen LogP contribution in [0.5, 0.6) is 5.75 Å². The summed E-state index contributed by atoms with van der Waals surface area (Å²) in [5.74, 6) is 1.36. The van der Waals surface area contributed by atoms with Crippen molar-refractivity contribution >= 4 is 0 Å². The zero-order chi connectivity index (χ0) is 33.8. The minimum absolute atomic E-state index is 0.168. The third-order valence-corrected chi connectivity index (χ3v) is 10.2. The monoisotopic (exact) mass is 666 g/mol. The smallest absolute Gasteiger partial charge is 0.185 e. The van der Waals surface area contributed by atoms with E-state index >= 15 is 0 Å². The van der Waals surface area contributed by atoms with Gasteiger partial charge in [0.05, 0.1) is 6.61 Å². The third kappa shape index (κ3) is 9.09. The summed E-state index contributed by atoms with van der Waals surface area (Å²) in [6.45, 7) is 7.58. The molecule has 258 valence electrons. The zero-order valence-electron chi connectivity index (χ0n) is 29.1. The van der Waals surface area contributed by atoms with Crippen LogP contribution < -0.4 is 4.74 Å². The molecule has 5 nitrogen and oxygen atoms in total. The molecule has 5 heteroatoms. The molecule has 0 radical (unpaired) electrons. The molecule has 2 aliphatic rings. The third-order valence-electron chi connectivity index (χ3n) is 10.2. The van der Waals surface area contributed by atoms with E-state index in [0.29, 0.717) is 12.5 Å².